The van der Waals surface area contributed by atoms with Crippen molar-refractivity contribution in [1.82, 2.24) is 5.32 Å². The Bertz CT molecular complexity index is 640. The summed E-state index contributed by atoms with van der Waals surface area (Å²) < 4.78 is 0. The number of carboxylic acids is 1. The normalized spacial score (nSPS) is 11.6. The van der Waals surface area contributed by atoms with Crippen molar-refractivity contribution in [2.24, 2.45) is 0 Å². The Morgan fingerprint density at radius 3 is 2.24 bits per heavy atom. The third kappa shape index (κ3) is 3.82. The van der Waals surface area contributed by atoms with Crippen LogP contribution in [-0.2, 0) is 11.2 Å². The SMILES string of the molecule is O=C(NC(Cc1ccccc1O)C(=O)O)c1ccccc1. The number of carbonyl (C=O) groups excluding carboxylic acids is 1. The van der Waals surface area contributed by atoms with Crippen molar-refractivity contribution in [3.05, 3.63) is 65.7 Å². The molecule has 1 unspecified atom stereocenters. The third-order valence-corrected chi connectivity index (χ3v) is 3.06. The van der Waals surface area contributed by atoms with E-state index in [0.29, 0.717) is 11.1 Å². The van der Waals surface area contributed by atoms with Crippen LogP contribution in [0.5, 0.6) is 5.75 Å². The van der Waals surface area contributed by atoms with Gasteiger partial charge in [-0.3, -0.25) is 4.79 Å². The van der Waals surface area contributed by atoms with Crippen LogP contribution in [0.15, 0.2) is 54.6 Å². The molecule has 0 heterocycles. The zero-order valence-corrected chi connectivity index (χ0v) is 11.2. The first-order chi connectivity index (χ1) is 10.1. The van der Waals surface area contributed by atoms with Gasteiger partial charge in [-0.05, 0) is 23.8 Å². The molecule has 0 spiro atoms. The summed E-state index contributed by atoms with van der Waals surface area (Å²) >= 11 is 0. The van der Waals surface area contributed by atoms with E-state index in [-0.39, 0.29) is 12.2 Å². The second-order valence-electron chi connectivity index (χ2n) is 4.56. The monoisotopic (exact) mass is 285 g/mol. The van der Waals surface area contributed by atoms with Gasteiger partial charge < -0.3 is 15.5 Å². The van der Waals surface area contributed by atoms with E-state index in [1.54, 1.807) is 48.5 Å². The first-order valence-corrected chi connectivity index (χ1v) is 6.43. The zero-order valence-electron chi connectivity index (χ0n) is 11.2. The van der Waals surface area contributed by atoms with Crippen LogP contribution in [0.2, 0.25) is 0 Å². The number of hydrogen-bond acceptors (Lipinski definition) is 3. The molecule has 2 rings (SSSR count). The van der Waals surface area contributed by atoms with Gasteiger partial charge in [0.15, 0.2) is 0 Å². The minimum absolute atomic E-state index is 0.0118. The Morgan fingerprint density at radius 2 is 1.62 bits per heavy atom. The van der Waals surface area contributed by atoms with E-state index in [2.05, 4.69) is 5.32 Å². The summed E-state index contributed by atoms with van der Waals surface area (Å²) in [5, 5.41) is 21.4. The lowest BCUT2D eigenvalue weighted by Crippen LogP contribution is -2.42. The highest BCUT2D eigenvalue weighted by Gasteiger charge is 2.22. The maximum absolute atomic E-state index is 12.0. The maximum Gasteiger partial charge on any atom is 0.326 e. The number of aromatic hydroxyl groups is 1. The Hall–Kier alpha value is -2.82. The third-order valence-electron chi connectivity index (χ3n) is 3.06. The van der Waals surface area contributed by atoms with E-state index in [9.17, 15) is 19.8 Å². The molecule has 0 fully saturated rings. The van der Waals surface area contributed by atoms with E-state index in [1.807, 2.05) is 0 Å². The summed E-state index contributed by atoms with van der Waals surface area (Å²) in [5.41, 5.74) is 0.860. The average molecular weight is 285 g/mol. The van der Waals surface area contributed by atoms with E-state index >= 15 is 0 Å². The molecule has 0 aromatic heterocycles. The van der Waals surface area contributed by atoms with E-state index in [0.717, 1.165) is 0 Å². The zero-order chi connectivity index (χ0) is 15.2. The molecule has 1 atom stereocenters. The predicted octanol–water partition coefficient (Wildman–Crippen LogP) is 1.82. The molecule has 0 aliphatic rings. The van der Waals surface area contributed by atoms with Gasteiger partial charge in [0.1, 0.15) is 11.8 Å². The molecule has 1 amide bonds. The molecule has 0 saturated carbocycles. The predicted molar refractivity (Wildman–Crippen MR) is 77.1 cm³/mol. The first-order valence-electron chi connectivity index (χ1n) is 6.43. The van der Waals surface area contributed by atoms with Gasteiger partial charge in [-0.1, -0.05) is 36.4 Å². The quantitative estimate of drug-likeness (QED) is 0.782. The Kier molecular flexibility index (Phi) is 4.56. The van der Waals surface area contributed by atoms with Gasteiger partial charge >= 0.3 is 5.97 Å². The van der Waals surface area contributed by atoms with Crippen molar-refractivity contribution in [2.75, 3.05) is 0 Å². The van der Waals surface area contributed by atoms with E-state index in [4.69, 9.17) is 0 Å². The molecule has 0 saturated heterocycles. The number of rotatable bonds is 5. The Balaban J connectivity index is 2.12. The summed E-state index contributed by atoms with van der Waals surface area (Å²) in [7, 11) is 0. The lowest BCUT2D eigenvalue weighted by atomic mass is 10.0. The van der Waals surface area contributed by atoms with E-state index < -0.39 is 17.9 Å². The summed E-state index contributed by atoms with van der Waals surface area (Å²) in [5.74, 6) is -1.60. The van der Waals surface area contributed by atoms with Crippen molar-refractivity contribution >= 4 is 11.9 Å². The first kappa shape index (κ1) is 14.6. The molecule has 21 heavy (non-hydrogen) atoms. The van der Waals surface area contributed by atoms with Crippen molar-refractivity contribution < 1.29 is 19.8 Å². The van der Waals surface area contributed by atoms with Crippen molar-refractivity contribution in [2.45, 2.75) is 12.5 Å². The molecule has 5 nitrogen and oxygen atoms in total. The molecular weight excluding hydrogens is 270 g/mol. The highest BCUT2D eigenvalue weighted by Crippen LogP contribution is 2.17. The fourth-order valence-electron chi connectivity index (χ4n) is 1.93. The number of hydrogen-bond donors (Lipinski definition) is 3. The average Bonchev–Trinajstić information content (AvgIpc) is 2.49. The maximum atomic E-state index is 12.0. The van der Waals surface area contributed by atoms with Crippen molar-refractivity contribution in [3.8, 4) is 5.75 Å². The van der Waals surface area contributed by atoms with Gasteiger partial charge in [-0.2, -0.15) is 0 Å². The van der Waals surface area contributed by atoms with Gasteiger partial charge in [0, 0.05) is 12.0 Å². The van der Waals surface area contributed by atoms with Crippen LogP contribution >= 0.6 is 0 Å². The Labute approximate surface area is 121 Å². The molecule has 108 valence electrons. The fourth-order valence-corrected chi connectivity index (χ4v) is 1.93. The highest BCUT2D eigenvalue weighted by atomic mass is 16.4. The topological polar surface area (TPSA) is 86.6 Å². The number of phenols is 1. The van der Waals surface area contributed by atoms with Crippen LogP contribution in [-0.4, -0.2) is 28.1 Å². The second kappa shape index (κ2) is 6.56. The number of benzene rings is 2. The Morgan fingerprint density at radius 1 is 1.00 bits per heavy atom. The highest BCUT2D eigenvalue weighted by molar-refractivity contribution is 5.96. The van der Waals surface area contributed by atoms with Crippen molar-refractivity contribution in [1.29, 1.82) is 0 Å². The van der Waals surface area contributed by atoms with Crippen molar-refractivity contribution in [3.63, 3.8) is 0 Å². The number of carbonyl (C=O) groups is 2. The lowest BCUT2D eigenvalue weighted by molar-refractivity contribution is -0.139. The van der Waals surface area contributed by atoms with Gasteiger partial charge in [0.2, 0.25) is 0 Å². The van der Waals surface area contributed by atoms with Gasteiger partial charge in [0.05, 0.1) is 0 Å². The molecule has 0 aliphatic heterocycles. The molecule has 2 aromatic carbocycles. The number of carboxylic acid groups (broad SMARTS) is 1. The minimum Gasteiger partial charge on any atom is -0.508 e. The van der Waals surface area contributed by atoms with Gasteiger partial charge in [0.25, 0.3) is 5.91 Å². The molecule has 0 bridgehead atoms. The molecular formula is C16H15NO4. The summed E-state index contributed by atoms with van der Waals surface area (Å²) in [6.07, 6.45) is 0.0145. The number of nitrogens with one attached hydrogen (secondary N) is 1. The molecule has 0 radical (unpaired) electrons. The number of phenolic OH excluding ortho intramolecular Hbond substituents is 1. The summed E-state index contributed by atoms with van der Waals surface area (Å²) in [6.45, 7) is 0. The second-order valence-corrected chi connectivity index (χ2v) is 4.56. The summed E-state index contributed by atoms with van der Waals surface area (Å²) in [6, 6.07) is 13.7. The van der Waals surface area contributed by atoms with Crippen LogP contribution in [0.25, 0.3) is 0 Å². The number of aliphatic carboxylic acids is 1. The van der Waals surface area contributed by atoms with Crippen LogP contribution in [0.3, 0.4) is 0 Å². The molecule has 5 heteroatoms. The standard InChI is InChI=1S/C16H15NO4/c18-14-9-5-4-8-12(14)10-13(16(20)21)17-15(19)11-6-2-1-3-7-11/h1-9,13,18H,10H2,(H,17,19)(H,20,21). The van der Waals surface area contributed by atoms with Crippen LogP contribution in [0.1, 0.15) is 15.9 Å². The smallest absolute Gasteiger partial charge is 0.326 e. The largest absolute Gasteiger partial charge is 0.508 e. The van der Waals surface area contributed by atoms with Crippen LogP contribution in [0, 0.1) is 0 Å². The van der Waals surface area contributed by atoms with E-state index in [1.165, 1.54) is 6.07 Å². The number of para-hydroxylation sites is 1. The molecule has 0 aliphatic carbocycles. The van der Waals surface area contributed by atoms with Gasteiger partial charge in [-0.15, -0.1) is 0 Å². The van der Waals surface area contributed by atoms with Crippen LogP contribution in [0.4, 0.5) is 0 Å². The fraction of sp³-hybridized carbons (Fsp3) is 0.125. The van der Waals surface area contributed by atoms with Gasteiger partial charge in [-0.25, -0.2) is 4.79 Å². The summed E-state index contributed by atoms with van der Waals surface area (Å²) in [4.78, 5) is 23.3. The number of amides is 1. The molecule has 3 N–H and O–H groups in total. The minimum atomic E-state index is -1.15. The molecule has 2 aromatic rings. The lowest BCUT2D eigenvalue weighted by Gasteiger charge is -2.15. The van der Waals surface area contributed by atoms with Crippen LogP contribution < -0.4 is 5.32 Å².